The number of halogens is 1. The first-order valence-corrected chi connectivity index (χ1v) is 9.18. The molecule has 0 saturated carbocycles. The molecule has 134 valence electrons. The lowest BCUT2D eigenvalue weighted by Crippen LogP contribution is -2.46. The Kier molecular flexibility index (Phi) is 4.91. The Morgan fingerprint density at radius 3 is 2.58 bits per heavy atom. The summed E-state index contributed by atoms with van der Waals surface area (Å²) in [4.78, 5) is 4.77. The zero-order valence-electron chi connectivity index (χ0n) is 14.7. The molecule has 1 aliphatic rings. The minimum absolute atomic E-state index is 0.476. The molecule has 2 aromatic carbocycles. The van der Waals surface area contributed by atoms with E-state index in [4.69, 9.17) is 16.0 Å². The van der Waals surface area contributed by atoms with Gasteiger partial charge in [0.25, 0.3) is 0 Å². The van der Waals surface area contributed by atoms with Gasteiger partial charge in [-0.05, 0) is 36.8 Å². The predicted octanol–water partition coefficient (Wildman–Crippen LogP) is 4.02. The Balaban J connectivity index is 1.37. The van der Waals surface area contributed by atoms with Gasteiger partial charge in [-0.1, -0.05) is 35.9 Å². The van der Waals surface area contributed by atoms with E-state index in [1.165, 1.54) is 11.3 Å². The first-order valence-electron chi connectivity index (χ1n) is 8.80. The zero-order chi connectivity index (χ0) is 17.9. The van der Waals surface area contributed by atoms with Crippen LogP contribution in [0.3, 0.4) is 0 Å². The fourth-order valence-corrected chi connectivity index (χ4v) is 3.46. The molecule has 0 bridgehead atoms. The van der Waals surface area contributed by atoms with Crippen molar-refractivity contribution in [3.63, 3.8) is 0 Å². The average Bonchev–Trinajstić information content (AvgIpc) is 3.11. The summed E-state index contributed by atoms with van der Waals surface area (Å²) in [6.07, 6.45) is 0. The molecule has 0 spiro atoms. The Morgan fingerprint density at radius 2 is 1.81 bits per heavy atom. The maximum atomic E-state index is 6.20. The molecule has 4 rings (SSSR count). The SMILES string of the molecule is Cc1cccc(N2CCN(Cc3nnc(-c4ccccc4Cl)o3)CC2)c1. The second kappa shape index (κ2) is 7.48. The molecule has 0 radical (unpaired) electrons. The summed E-state index contributed by atoms with van der Waals surface area (Å²) in [7, 11) is 0. The van der Waals surface area contributed by atoms with Crippen LogP contribution in [0.15, 0.2) is 52.9 Å². The van der Waals surface area contributed by atoms with E-state index < -0.39 is 0 Å². The zero-order valence-corrected chi connectivity index (χ0v) is 15.5. The van der Waals surface area contributed by atoms with Gasteiger partial charge >= 0.3 is 0 Å². The van der Waals surface area contributed by atoms with Gasteiger partial charge in [-0.2, -0.15) is 0 Å². The van der Waals surface area contributed by atoms with E-state index in [9.17, 15) is 0 Å². The van der Waals surface area contributed by atoms with Crippen LogP contribution in [0.1, 0.15) is 11.5 Å². The summed E-state index contributed by atoms with van der Waals surface area (Å²) >= 11 is 6.20. The van der Waals surface area contributed by atoms with Crippen LogP contribution in [0, 0.1) is 6.92 Å². The number of piperazine rings is 1. The number of anilines is 1. The van der Waals surface area contributed by atoms with Crippen molar-refractivity contribution in [2.24, 2.45) is 0 Å². The fourth-order valence-electron chi connectivity index (χ4n) is 3.24. The number of hydrogen-bond acceptors (Lipinski definition) is 5. The number of benzene rings is 2. The largest absolute Gasteiger partial charge is 0.419 e. The lowest BCUT2D eigenvalue weighted by Gasteiger charge is -2.35. The number of nitrogens with zero attached hydrogens (tertiary/aromatic N) is 4. The van der Waals surface area contributed by atoms with E-state index in [2.05, 4.69) is 51.2 Å². The molecule has 0 N–H and O–H groups in total. The van der Waals surface area contributed by atoms with Crippen molar-refractivity contribution < 1.29 is 4.42 Å². The molecule has 6 heteroatoms. The predicted molar refractivity (Wildman–Crippen MR) is 103 cm³/mol. The van der Waals surface area contributed by atoms with Gasteiger partial charge in [-0.15, -0.1) is 10.2 Å². The highest BCUT2D eigenvalue weighted by molar-refractivity contribution is 6.33. The van der Waals surface area contributed by atoms with E-state index in [-0.39, 0.29) is 0 Å². The highest BCUT2D eigenvalue weighted by atomic mass is 35.5. The molecule has 0 unspecified atom stereocenters. The van der Waals surface area contributed by atoms with Crippen molar-refractivity contribution in [2.75, 3.05) is 31.1 Å². The second-order valence-electron chi connectivity index (χ2n) is 6.58. The molecule has 1 saturated heterocycles. The van der Waals surface area contributed by atoms with Crippen molar-refractivity contribution in [3.8, 4) is 11.5 Å². The van der Waals surface area contributed by atoms with Crippen LogP contribution in [-0.2, 0) is 6.54 Å². The Bertz CT molecular complexity index is 887. The van der Waals surface area contributed by atoms with Gasteiger partial charge in [0.1, 0.15) is 0 Å². The first-order chi connectivity index (χ1) is 12.7. The fraction of sp³-hybridized carbons (Fsp3) is 0.300. The summed E-state index contributed by atoms with van der Waals surface area (Å²) in [5.41, 5.74) is 3.36. The molecule has 2 heterocycles. The standard InChI is InChI=1S/C20H21ClN4O/c1-15-5-4-6-16(13-15)25-11-9-24(10-12-25)14-19-22-23-20(26-19)17-7-2-3-8-18(17)21/h2-8,13H,9-12,14H2,1H3. The monoisotopic (exact) mass is 368 g/mol. The van der Waals surface area contributed by atoms with Crippen molar-refractivity contribution >= 4 is 17.3 Å². The molecule has 3 aromatic rings. The van der Waals surface area contributed by atoms with E-state index in [0.29, 0.717) is 23.3 Å². The lowest BCUT2D eigenvalue weighted by atomic mass is 10.2. The smallest absolute Gasteiger partial charge is 0.249 e. The third kappa shape index (κ3) is 3.74. The Morgan fingerprint density at radius 1 is 1.00 bits per heavy atom. The molecule has 0 amide bonds. The van der Waals surface area contributed by atoms with Gasteiger partial charge < -0.3 is 9.32 Å². The second-order valence-corrected chi connectivity index (χ2v) is 6.99. The van der Waals surface area contributed by atoms with Crippen molar-refractivity contribution in [2.45, 2.75) is 13.5 Å². The van der Waals surface area contributed by atoms with Crippen LogP contribution in [0.2, 0.25) is 5.02 Å². The van der Waals surface area contributed by atoms with Crippen LogP contribution in [-0.4, -0.2) is 41.3 Å². The van der Waals surface area contributed by atoms with E-state index >= 15 is 0 Å². The summed E-state index contributed by atoms with van der Waals surface area (Å²) in [6.45, 7) is 6.73. The molecule has 5 nitrogen and oxygen atoms in total. The molecule has 1 aromatic heterocycles. The van der Waals surface area contributed by atoms with Crippen LogP contribution < -0.4 is 4.90 Å². The lowest BCUT2D eigenvalue weighted by molar-refractivity contribution is 0.227. The Hall–Kier alpha value is -2.37. The van der Waals surface area contributed by atoms with Crippen molar-refractivity contribution in [3.05, 3.63) is 65.0 Å². The van der Waals surface area contributed by atoms with Crippen molar-refractivity contribution in [1.29, 1.82) is 0 Å². The molecule has 1 aliphatic heterocycles. The Labute approximate surface area is 158 Å². The molecule has 0 atom stereocenters. The van der Waals surface area contributed by atoms with Gasteiger partial charge in [-0.3, -0.25) is 4.90 Å². The highest BCUT2D eigenvalue weighted by Gasteiger charge is 2.20. The van der Waals surface area contributed by atoms with Crippen LogP contribution in [0.5, 0.6) is 0 Å². The van der Waals surface area contributed by atoms with Crippen molar-refractivity contribution in [1.82, 2.24) is 15.1 Å². The third-order valence-corrected chi connectivity index (χ3v) is 5.00. The van der Waals surface area contributed by atoms with Crippen LogP contribution in [0.25, 0.3) is 11.5 Å². The number of aryl methyl sites for hydroxylation is 1. The molecular weight excluding hydrogens is 348 g/mol. The molecule has 26 heavy (non-hydrogen) atoms. The van der Waals surface area contributed by atoms with Gasteiger partial charge in [0.15, 0.2) is 0 Å². The van der Waals surface area contributed by atoms with Crippen LogP contribution in [0.4, 0.5) is 5.69 Å². The minimum Gasteiger partial charge on any atom is -0.419 e. The summed E-state index contributed by atoms with van der Waals surface area (Å²) in [5.74, 6) is 1.10. The summed E-state index contributed by atoms with van der Waals surface area (Å²) in [5, 5.41) is 8.95. The van der Waals surface area contributed by atoms with E-state index in [1.807, 2.05) is 24.3 Å². The normalized spacial score (nSPS) is 15.4. The van der Waals surface area contributed by atoms with Gasteiger partial charge in [-0.25, -0.2) is 0 Å². The third-order valence-electron chi connectivity index (χ3n) is 4.67. The average molecular weight is 369 g/mol. The quantitative estimate of drug-likeness (QED) is 0.696. The van der Waals surface area contributed by atoms with E-state index in [1.54, 1.807) is 0 Å². The molecule has 1 fully saturated rings. The number of aromatic nitrogens is 2. The number of hydrogen-bond donors (Lipinski definition) is 0. The van der Waals surface area contributed by atoms with Crippen LogP contribution >= 0.6 is 11.6 Å². The summed E-state index contributed by atoms with van der Waals surface area (Å²) in [6, 6.07) is 16.2. The maximum absolute atomic E-state index is 6.20. The van der Waals surface area contributed by atoms with Gasteiger partial charge in [0.2, 0.25) is 11.8 Å². The summed E-state index contributed by atoms with van der Waals surface area (Å²) < 4.78 is 5.82. The van der Waals surface area contributed by atoms with Gasteiger partial charge in [0, 0.05) is 31.9 Å². The molecule has 0 aliphatic carbocycles. The minimum atomic E-state index is 0.476. The highest BCUT2D eigenvalue weighted by Crippen LogP contribution is 2.26. The van der Waals surface area contributed by atoms with Gasteiger partial charge in [0.05, 0.1) is 17.1 Å². The maximum Gasteiger partial charge on any atom is 0.249 e. The topological polar surface area (TPSA) is 45.4 Å². The number of rotatable bonds is 4. The molecular formula is C20H21ClN4O. The first kappa shape index (κ1) is 17.1. The van der Waals surface area contributed by atoms with E-state index in [0.717, 1.165) is 31.7 Å².